The van der Waals surface area contributed by atoms with Crippen LogP contribution in [0.4, 0.5) is 10.1 Å². The van der Waals surface area contributed by atoms with Crippen molar-refractivity contribution in [2.24, 2.45) is 0 Å². The Morgan fingerprint density at radius 2 is 1.62 bits per heavy atom. The first-order valence-corrected chi connectivity index (χ1v) is 10.9. The van der Waals surface area contributed by atoms with Gasteiger partial charge in [-0.05, 0) is 48.4 Å². The van der Waals surface area contributed by atoms with Gasteiger partial charge in [-0.2, -0.15) is 0 Å². The monoisotopic (exact) mass is 455 g/mol. The predicted octanol–water partition coefficient (Wildman–Crippen LogP) is 3.60. The zero-order valence-electron chi connectivity index (χ0n) is 17.5. The van der Waals surface area contributed by atoms with Gasteiger partial charge in [-0.3, -0.25) is 14.4 Å². The van der Waals surface area contributed by atoms with Gasteiger partial charge >= 0.3 is 0 Å². The molecule has 166 valence electrons. The van der Waals surface area contributed by atoms with E-state index >= 15 is 0 Å². The third-order valence-electron chi connectivity index (χ3n) is 5.74. The number of nitrogens with zero attached hydrogens (tertiary/aromatic N) is 3. The van der Waals surface area contributed by atoms with Crippen molar-refractivity contribution >= 4 is 41.1 Å². The number of carbonyl (C=O) groups is 3. The number of benzene rings is 2. The van der Waals surface area contributed by atoms with Crippen LogP contribution in [0.25, 0.3) is 6.08 Å². The van der Waals surface area contributed by atoms with Crippen LogP contribution in [0.3, 0.4) is 0 Å². The summed E-state index contributed by atoms with van der Waals surface area (Å²) in [5.74, 6) is -0.749. The topological polar surface area (TPSA) is 60.9 Å². The zero-order chi connectivity index (χ0) is 22.7. The van der Waals surface area contributed by atoms with Crippen LogP contribution in [0.5, 0.6) is 0 Å². The first-order valence-electron chi connectivity index (χ1n) is 10.5. The SMILES string of the molecule is O=C(/C=C/c1ccc(N2CCCC2=O)cc1)N1CCN(C(=O)c2ccc(F)cc2Cl)CC1. The van der Waals surface area contributed by atoms with Gasteiger partial charge in [0, 0.05) is 50.9 Å². The molecule has 6 nitrogen and oxygen atoms in total. The van der Waals surface area contributed by atoms with E-state index in [9.17, 15) is 18.8 Å². The van der Waals surface area contributed by atoms with Crippen LogP contribution < -0.4 is 4.90 Å². The van der Waals surface area contributed by atoms with Crippen molar-refractivity contribution in [1.82, 2.24) is 9.80 Å². The molecule has 2 aromatic rings. The molecule has 0 aromatic heterocycles. The van der Waals surface area contributed by atoms with Crippen molar-refractivity contribution in [1.29, 1.82) is 0 Å². The second-order valence-electron chi connectivity index (χ2n) is 7.82. The Balaban J connectivity index is 1.31. The minimum Gasteiger partial charge on any atom is -0.336 e. The summed E-state index contributed by atoms with van der Waals surface area (Å²) in [5.41, 5.74) is 2.00. The number of anilines is 1. The predicted molar refractivity (Wildman–Crippen MR) is 121 cm³/mol. The summed E-state index contributed by atoms with van der Waals surface area (Å²) < 4.78 is 13.2. The number of carbonyl (C=O) groups excluding carboxylic acids is 3. The highest BCUT2D eigenvalue weighted by Gasteiger charge is 2.25. The molecule has 8 heteroatoms. The Labute approximate surface area is 190 Å². The number of hydrogen-bond acceptors (Lipinski definition) is 3. The number of hydrogen-bond donors (Lipinski definition) is 0. The summed E-state index contributed by atoms with van der Waals surface area (Å²) >= 11 is 6.00. The zero-order valence-corrected chi connectivity index (χ0v) is 18.2. The van der Waals surface area contributed by atoms with E-state index in [2.05, 4.69) is 0 Å². The van der Waals surface area contributed by atoms with Crippen LogP contribution in [0.15, 0.2) is 48.5 Å². The molecule has 3 amide bonds. The molecule has 0 aliphatic carbocycles. The van der Waals surface area contributed by atoms with Crippen molar-refractivity contribution in [2.75, 3.05) is 37.6 Å². The minimum atomic E-state index is -0.493. The highest BCUT2D eigenvalue weighted by molar-refractivity contribution is 6.33. The van der Waals surface area contributed by atoms with E-state index in [1.54, 1.807) is 20.8 Å². The van der Waals surface area contributed by atoms with E-state index in [-0.39, 0.29) is 28.3 Å². The van der Waals surface area contributed by atoms with Crippen LogP contribution in [0.1, 0.15) is 28.8 Å². The first kappa shape index (κ1) is 22.0. The van der Waals surface area contributed by atoms with Crippen molar-refractivity contribution in [2.45, 2.75) is 12.8 Å². The van der Waals surface area contributed by atoms with E-state index < -0.39 is 5.82 Å². The van der Waals surface area contributed by atoms with Crippen molar-refractivity contribution in [3.63, 3.8) is 0 Å². The Morgan fingerprint density at radius 1 is 0.938 bits per heavy atom. The second kappa shape index (κ2) is 9.53. The molecule has 2 saturated heterocycles. The summed E-state index contributed by atoms with van der Waals surface area (Å²) in [7, 11) is 0. The summed E-state index contributed by atoms with van der Waals surface area (Å²) in [6.07, 6.45) is 4.73. The summed E-state index contributed by atoms with van der Waals surface area (Å²) in [4.78, 5) is 42.1. The van der Waals surface area contributed by atoms with Gasteiger partial charge in [0.15, 0.2) is 0 Å². The number of piperazine rings is 1. The van der Waals surface area contributed by atoms with Gasteiger partial charge in [-0.25, -0.2) is 4.39 Å². The van der Waals surface area contributed by atoms with Crippen LogP contribution in [0, 0.1) is 5.82 Å². The molecule has 32 heavy (non-hydrogen) atoms. The fourth-order valence-electron chi connectivity index (χ4n) is 3.92. The molecular formula is C24H23ClFN3O3. The van der Waals surface area contributed by atoms with Crippen molar-refractivity contribution < 1.29 is 18.8 Å². The van der Waals surface area contributed by atoms with Gasteiger partial charge in [0.05, 0.1) is 10.6 Å². The third-order valence-corrected chi connectivity index (χ3v) is 6.05. The third kappa shape index (κ3) is 4.83. The largest absolute Gasteiger partial charge is 0.336 e. The smallest absolute Gasteiger partial charge is 0.255 e. The summed E-state index contributed by atoms with van der Waals surface area (Å²) in [6, 6.07) is 11.2. The molecule has 2 aliphatic rings. The Hall–Kier alpha value is -3.19. The molecule has 4 rings (SSSR count). The Bertz CT molecular complexity index is 1060. The summed E-state index contributed by atoms with van der Waals surface area (Å²) in [6.45, 7) is 2.32. The van der Waals surface area contributed by atoms with E-state index in [0.717, 1.165) is 30.3 Å². The van der Waals surface area contributed by atoms with Gasteiger partial charge in [0.25, 0.3) is 5.91 Å². The average molecular weight is 456 g/mol. The van der Waals surface area contributed by atoms with Crippen LogP contribution in [-0.4, -0.2) is 60.2 Å². The van der Waals surface area contributed by atoms with Gasteiger partial charge in [0.1, 0.15) is 5.82 Å². The molecule has 0 radical (unpaired) electrons. The number of halogens is 2. The Morgan fingerprint density at radius 3 is 2.25 bits per heavy atom. The Kier molecular flexibility index (Phi) is 6.55. The molecular weight excluding hydrogens is 433 g/mol. The van der Waals surface area contributed by atoms with Gasteiger partial charge in [0.2, 0.25) is 11.8 Å². The first-order chi connectivity index (χ1) is 15.4. The quantitative estimate of drug-likeness (QED) is 0.662. The fraction of sp³-hybridized carbons (Fsp3) is 0.292. The van der Waals surface area contributed by atoms with E-state index in [1.807, 2.05) is 24.3 Å². The van der Waals surface area contributed by atoms with Crippen LogP contribution in [-0.2, 0) is 9.59 Å². The molecule has 0 saturated carbocycles. The average Bonchev–Trinajstić information content (AvgIpc) is 3.23. The van der Waals surface area contributed by atoms with Gasteiger partial charge < -0.3 is 14.7 Å². The van der Waals surface area contributed by atoms with E-state index in [1.165, 1.54) is 18.2 Å². The van der Waals surface area contributed by atoms with E-state index in [4.69, 9.17) is 11.6 Å². The summed E-state index contributed by atoms with van der Waals surface area (Å²) in [5, 5.41) is 0.0801. The van der Waals surface area contributed by atoms with Crippen LogP contribution in [0.2, 0.25) is 5.02 Å². The molecule has 2 heterocycles. The maximum atomic E-state index is 13.2. The molecule has 2 aromatic carbocycles. The number of rotatable bonds is 4. The highest BCUT2D eigenvalue weighted by atomic mass is 35.5. The second-order valence-corrected chi connectivity index (χ2v) is 8.22. The lowest BCUT2D eigenvalue weighted by Crippen LogP contribution is -2.50. The highest BCUT2D eigenvalue weighted by Crippen LogP contribution is 2.22. The van der Waals surface area contributed by atoms with Crippen molar-refractivity contribution in [3.8, 4) is 0 Å². The molecule has 0 atom stereocenters. The molecule has 0 spiro atoms. The maximum Gasteiger partial charge on any atom is 0.255 e. The molecule has 2 aliphatic heterocycles. The standard InChI is InChI=1S/C24H23ClFN3O3/c25-21-16-18(26)6-9-20(21)24(32)28-14-12-27(13-15-28)22(30)10-5-17-3-7-19(8-4-17)29-11-1-2-23(29)31/h3-10,16H,1-2,11-15H2/b10-5+. The van der Waals surface area contributed by atoms with Crippen molar-refractivity contribution in [3.05, 3.63) is 70.5 Å². The molecule has 2 fully saturated rings. The lowest BCUT2D eigenvalue weighted by Gasteiger charge is -2.34. The molecule has 0 N–H and O–H groups in total. The van der Waals surface area contributed by atoms with Gasteiger partial charge in [-0.15, -0.1) is 0 Å². The lowest BCUT2D eigenvalue weighted by atomic mass is 10.1. The normalized spacial score (nSPS) is 16.8. The van der Waals surface area contributed by atoms with Crippen LogP contribution >= 0.6 is 11.6 Å². The maximum absolute atomic E-state index is 13.2. The van der Waals surface area contributed by atoms with E-state index in [0.29, 0.717) is 32.6 Å². The molecule has 0 bridgehead atoms. The lowest BCUT2D eigenvalue weighted by molar-refractivity contribution is -0.127. The number of amides is 3. The minimum absolute atomic E-state index is 0.0801. The fourth-order valence-corrected chi connectivity index (χ4v) is 4.17. The van der Waals surface area contributed by atoms with Gasteiger partial charge in [-0.1, -0.05) is 23.7 Å². The molecule has 0 unspecified atom stereocenters.